The fraction of sp³-hybridized carbons (Fsp3) is 0.0769. The van der Waals surface area contributed by atoms with Crippen LogP contribution in [-0.4, -0.2) is 25.3 Å². The Bertz CT molecular complexity index is 1730. The van der Waals surface area contributed by atoms with Crippen LogP contribution < -0.4 is 4.90 Å². The minimum Gasteiger partial charge on any atom is -0.274 e. The van der Waals surface area contributed by atoms with Gasteiger partial charge in [-0.3, -0.25) is 14.1 Å². The SMILES string of the molecule is CC(=O)N(c1nc(CSc2nc3ccccc3c3nc4ccccc4n23)cs1)c1ccccc1F. The van der Waals surface area contributed by atoms with Crippen LogP contribution in [0.3, 0.4) is 0 Å². The van der Waals surface area contributed by atoms with Gasteiger partial charge < -0.3 is 0 Å². The Morgan fingerprint density at radius 1 is 0.971 bits per heavy atom. The lowest BCUT2D eigenvalue weighted by atomic mass is 10.2. The summed E-state index contributed by atoms with van der Waals surface area (Å²) in [5.74, 6) is -0.234. The maximum atomic E-state index is 14.4. The van der Waals surface area contributed by atoms with Crippen molar-refractivity contribution in [1.29, 1.82) is 0 Å². The second kappa shape index (κ2) is 8.75. The first kappa shape index (κ1) is 21.7. The van der Waals surface area contributed by atoms with Gasteiger partial charge in [0.2, 0.25) is 5.91 Å². The monoisotopic (exact) mass is 499 g/mol. The van der Waals surface area contributed by atoms with Gasteiger partial charge in [0.15, 0.2) is 10.3 Å². The van der Waals surface area contributed by atoms with E-state index in [0.29, 0.717) is 10.9 Å². The van der Waals surface area contributed by atoms with E-state index in [1.165, 1.54) is 29.2 Å². The molecule has 0 aliphatic heterocycles. The summed E-state index contributed by atoms with van der Waals surface area (Å²) >= 11 is 2.86. The summed E-state index contributed by atoms with van der Waals surface area (Å²) in [5, 5.41) is 4.12. The van der Waals surface area contributed by atoms with Gasteiger partial charge in [0.25, 0.3) is 0 Å². The van der Waals surface area contributed by atoms with Crippen molar-refractivity contribution in [1.82, 2.24) is 19.4 Å². The Hall–Kier alpha value is -3.82. The smallest absolute Gasteiger partial charge is 0.230 e. The van der Waals surface area contributed by atoms with Crippen LogP contribution in [0.25, 0.3) is 27.6 Å². The number of amides is 1. The number of anilines is 2. The number of nitrogens with zero attached hydrogens (tertiary/aromatic N) is 5. The van der Waals surface area contributed by atoms with Gasteiger partial charge in [-0.05, 0) is 36.4 Å². The first-order valence-corrected chi connectivity index (χ1v) is 12.7. The number of carbonyl (C=O) groups excluding carboxylic acids is 1. The van der Waals surface area contributed by atoms with Gasteiger partial charge in [-0.1, -0.05) is 48.2 Å². The predicted molar refractivity (Wildman–Crippen MR) is 139 cm³/mol. The summed E-state index contributed by atoms with van der Waals surface area (Å²) in [6.45, 7) is 1.40. The molecule has 1 amide bonds. The summed E-state index contributed by atoms with van der Waals surface area (Å²) in [4.78, 5) is 28.1. The van der Waals surface area contributed by atoms with Crippen LogP contribution >= 0.6 is 23.1 Å². The number of halogens is 1. The van der Waals surface area contributed by atoms with E-state index in [-0.39, 0.29) is 11.6 Å². The molecular formula is C26H18FN5OS2. The summed E-state index contributed by atoms with van der Waals surface area (Å²) < 4.78 is 16.5. The van der Waals surface area contributed by atoms with Crippen LogP contribution in [0.1, 0.15) is 12.6 Å². The number of thioether (sulfide) groups is 1. The Kier molecular flexibility index (Phi) is 5.43. The zero-order valence-electron chi connectivity index (χ0n) is 18.6. The molecule has 0 aliphatic rings. The normalized spacial score (nSPS) is 11.5. The molecule has 0 saturated carbocycles. The van der Waals surface area contributed by atoms with Gasteiger partial charge in [0.1, 0.15) is 11.5 Å². The number of carbonyl (C=O) groups is 1. The summed E-state index contributed by atoms with van der Waals surface area (Å²) in [6, 6.07) is 22.2. The van der Waals surface area contributed by atoms with Crippen LogP contribution in [0, 0.1) is 5.82 Å². The number of hydrogen-bond acceptors (Lipinski definition) is 6. The van der Waals surface area contributed by atoms with Crippen LogP contribution in [-0.2, 0) is 10.5 Å². The van der Waals surface area contributed by atoms with E-state index in [1.54, 1.807) is 30.0 Å². The van der Waals surface area contributed by atoms with Gasteiger partial charge in [-0.25, -0.2) is 19.3 Å². The molecule has 6 rings (SSSR count). The molecule has 0 fully saturated rings. The number of thiazole rings is 1. The molecule has 172 valence electrons. The first-order chi connectivity index (χ1) is 17.1. The molecule has 0 spiro atoms. The van der Waals surface area contributed by atoms with E-state index in [4.69, 9.17) is 9.97 Å². The number of aromatic nitrogens is 4. The zero-order valence-corrected chi connectivity index (χ0v) is 20.2. The maximum Gasteiger partial charge on any atom is 0.230 e. The van der Waals surface area contributed by atoms with Gasteiger partial charge in [-0.2, -0.15) is 0 Å². The number of imidazole rings is 1. The molecule has 6 nitrogen and oxygen atoms in total. The minimum atomic E-state index is -0.469. The molecule has 0 atom stereocenters. The molecule has 6 aromatic rings. The molecule has 0 unspecified atom stereocenters. The molecule has 0 radical (unpaired) electrons. The van der Waals surface area contributed by atoms with Crippen LogP contribution in [0.5, 0.6) is 0 Å². The van der Waals surface area contributed by atoms with Gasteiger partial charge >= 0.3 is 0 Å². The Labute approximate surface area is 208 Å². The van der Waals surface area contributed by atoms with E-state index in [1.807, 2.05) is 53.9 Å². The highest BCUT2D eigenvalue weighted by Gasteiger charge is 2.21. The quantitative estimate of drug-likeness (QED) is 0.197. The summed E-state index contributed by atoms with van der Waals surface area (Å²) in [6.07, 6.45) is 0. The van der Waals surface area contributed by atoms with E-state index in [2.05, 4.69) is 9.38 Å². The van der Waals surface area contributed by atoms with Crippen LogP contribution in [0.2, 0.25) is 0 Å². The molecule has 9 heteroatoms. The Morgan fingerprint density at radius 3 is 2.54 bits per heavy atom. The molecular weight excluding hydrogens is 481 g/mol. The van der Waals surface area contributed by atoms with Crippen molar-refractivity contribution in [3.05, 3.63) is 89.7 Å². The topological polar surface area (TPSA) is 63.4 Å². The van der Waals surface area contributed by atoms with Crippen molar-refractivity contribution in [2.45, 2.75) is 17.8 Å². The largest absolute Gasteiger partial charge is 0.274 e. The predicted octanol–water partition coefficient (Wildman–Crippen LogP) is 6.61. The maximum absolute atomic E-state index is 14.4. The van der Waals surface area contributed by atoms with Crippen molar-refractivity contribution in [3.63, 3.8) is 0 Å². The van der Waals surface area contributed by atoms with Crippen LogP contribution in [0.15, 0.2) is 83.3 Å². The average molecular weight is 500 g/mol. The fourth-order valence-corrected chi connectivity index (χ4v) is 5.94. The molecule has 3 aromatic heterocycles. The molecule has 3 aromatic carbocycles. The molecule has 35 heavy (non-hydrogen) atoms. The molecule has 0 saturated heterocycles. The van der Waals surface area contributed by atoms with E-state index in [9.17, 15) is 9.18 Å². The number of para-hydroxylation sites is 4. The second-order valence-corrected chi connectivity index (χ2v) is 9.67. The number of hydrogen-bond donors (Lipinski definition) is 0. The molecule has 0 aliphatic carbocycles. The number of fused-ring (bicyclic) bond motifs is 5. The lowest BCUT2D eigenvalue weighted by Gasteiger charge is -2.18. The number of benzene rings is 3. The van der Waals surface area contributed by atoms with Crippen molar-refractivity contribution >= 4 is 67.4 Å². The minimum absolute atomic E-state index is 0.191. The fourth-order valence-electron chi connectivity index (χ4n) is 4.05. The summed E-state index contributed by atoms with van der Waals surface area (Å²) in [5.41, 5.74) is 4.61. The highest BCUT2D eigenvalue weighted by atomic mass is 32.2. The molecule has 3 heterocycles. The highest BCUT2D eigenvalue weighted by Crippen LogP contribution is 2.34. The van der Waals surface area contributed by atoms with Gasteiger partial charge in [-0.15, -0.1) is 11.3 Å². The van der Waals surface area contributed by atoms with E-state index < -0.39 is 5.82 Å². The second-order valence-electron chi connectivity index (χ2n) is 7.89. The van der Waals surface area contributed by atoms with E-state index in [0.717, 1.165) is 38.4 Å². The van der Waals surface area contributed by atoms with E-state index >= 15 is 0 Å². The lowest BCUT2D eigenvalue weighted by Crippen LogP contribution is -2.23. The average Bonchev–Trinajstić information content (AvgIpc) is 3.49. The Balaban J connectivity index is 1.37. The van der Waals surface area contributed by atoms with Crippen LogP contribution in [0.4, 0.5) is 15.2 Å². The van der Waals surface area contributed by atoms with Crippen molar-refractivity contribution in [2.75, 3.05) is 4.90 Å². The van der Waals surface area contributed by atoms with Gasteiger partial charge in [0, 0.05) is 23.4 Å². The third-order valence-corrected chi connectivity index (χ3v) is 7.45. The van der Waals surface area contributed by atoms with Crippen molar-refractivity contribution in [3.8, 4) is 0 Å². The van der Waals surface area contributed by atoms with Crippen molar-refractivity contribution in [2.24, 2.45) is 0 Å². The lowest BCUT2D eigenvalue weighted by molar-refractivity contribution is -0.115. The van der Waals surface area contributed by atoms with Gasteiger partial charge in [0.05, 0.1) is 27.9 Å². The number of rotatable bonds is 5. The first-order valence-electron chi connectivity index (χ1n) is 10.9. The third-order valence-electron chi connectivity index (χ3n) is 5.60. The highest BCUT2D eigenvalue weighted by molar-refractivity contribution is 7.98. The zero-order chi connectivity index (χ0) is 23.9. The molecule has 0 bridgehead atoms. The van der Waals surface area contributed by atoms with Crippen molar-refractivity contribution < 1.29 is 9.18 Å². The summed E-state index contributed by atoms with van der Waals surface area (Å²) in [7, 11) is 0. The molecule has 0 N–H and O–H groups in total. The third kappa shape index (κ3) is 3.82. The standard InChI is InChI=1S/C26H18FN5OS2/c1-16(33)31(22-12-6-3-9-19(22)27)25-28-17(14-34-25)15-35-26-30-20-10-4-2-8-18(20)24-29-21-11-5-7-13-23(21)32(24)26/h2-14H,15H2,1H3. The Morgan fingerprint density at radius 2 is 1.71 bits per heavy atom.